The Bertz CT molecular complexity index is 1680. The van der Waals surface area contributed by atoms with Crippen LogP contribution in [0.5, 0.6) is 0 Å². The van der Waals surface area contributed by atoms with Gasteiger partial charge in [-0.2, -0.15) is 14.6 Å². The molecule has 0 aliphatic carbocycles. The molecule has 0 aliphatic rings. The van der Waals surface area contributed by atoms with Crippen molar-refractivity contribution in [2.45, 2.75) is 0 Å². The third-order valence-corrected chi connectivity index (χ3v) is 7.44. The topological polar surface area (TPSA) is 65.1 Å². The van der Waals surface area contributed by atoms with Gasteiger partial charge in [-0.1, -0.05) is 63.7 Å². The van der Waals surface area contributed by atoms with Crippen molar-refractivity contribution in [2.24, 2.45) is 0 Å². The Kier molecular flexibility index (Phi) is 5.01. The van der Waals surface area contributed by atoms with Crippen molar-refractivity contribution in [1.82, 2.24) is 24.4 Å². The molecule has 9 heteroatoms. The van der Waals surface area contributed by atoms with E-state index < -0.39 is 0 Å². The molecule has 0 radical (unpaired) electrons. The van der Waals surface area contributed by atoms with E-state index in [4.69, 9.17) is 5.10 Å². The molecule has 0 fully saturated rings. The molecule has 0 saturated heterocycles. The normalized spacial score (nSPS) is 12.1. The van der Waals surface area contributed by atoms with Crippen LogP contribution in [0, 0.1) is 0 Å². The molecule has 6 nitrogen and oxygen atoms in total. The van der Waals surface area contributed by atoms with Gasteiger partial charge >= 0.3 is 0 Å². The number of thiazole rings is 1. The summed E-state index contributed by atoms with van der Waals surface area (Å²) in [6.07, 6.45) is 3.82. The first-order chi connectivity index (χ1) is 16.2. The third-order valence-electron chi connectivity index (χ3n) is 5.09. The highest BCUT2D eigenvalue weighted by Crippen LogP contribution is 2.26. The second-order valence-electron chi connectivity index (χ2n) is 7.24. The number of halogens is 1. The van der Waals surface area contributed by atoms with Gasteiger partial charge in [0.05, 0.1) is 20.8 Å². The van der Waals surface area contributed by atoms with Gasteiger partial charge in [0, 0.05) is 21.8 Å². The maximum absolute atomic E-state index is 13.1. The van der Waals surface area contributed by atoms with Crippen LogP contribution >= 0.6 is 38.6 Å². The van der Waals surface area contributed by atoms with Gasteiger partial charge in [-0.15, -0.1) is 16.4 Å². The predicted octanol–water partition coefficient (Wildman–Crippen LogP) is 5.04. The summed E-state index contributed by atoms with van der Waals surface area (Å²) in [7, 11) is 0. The Labute approximate surface area is 204 Å². The molecule has 33 heavy (non-hydrogen) atoms. The Balaban J connectivity index is 1.51. The van der Waals surface area contributed by atoms with E-state index in [0.717, 1.165) is 31.9 Å². The average Bonchev–Trinajstić information content (AvgIpc) is 3.62. The fourth-order valence-electron chi connectivity index (χ4n) is 3.52. The predicted molar refractivity (Wildman–Crippen MR) is 136 cm³/mol. The Hall–Kier alpha value is -3.40. The maximum atomic E-state index is 13.1. The average molecular weight is 532 g/mol. The molecular weight excluding hydrogens is 518 g/mol. The molecule has 160 valence electrons. The van der Waals surface area contributed by atoms with Crippen molar-refractivity contribution in [3.8, 4) is 27.6 Å². The van der Waals surface area contributed by atoms with E-state index in [1.807, 2.05) is 89.1 Å². The molecule has 4 aromatic heterocycles. The second kappa shape index (κ2) is 8.18. The number of hydrogen-bond acceptors (Lipinski definition) is 6. The van der Waals surface area contributed by atoms with Crippen LogP contribution in [0.2, 0.25) is 0 Å². The smallest absolute Gasteiger partial charge is 0.266 e. The van der Waals surface area contributed by atoms with Gasteiger partial charge in [-0.25, -0.2) is 4.68 Å². The fourth-order valence-corrected chi connectivity index (χ4v) is 5.34. The highest BCUT2D eigenvalue weighted by atomic mass is 79.9. The van der Waals surface area contributed by atoms with E-state index in [9.17, 15) is 4.79 Å². The van der Waals surface area contributed by atoms with Crippen LogP contribution in [0.3, 0.4) is 0 Å². The number of hydrogen-bond donors (Lipinski definition) is 0. The molecule has 0 N–H and O–H groups in total. The Morgan fingerprint density at radius 1 is 0.939 bits per heavy atom. The summed E-state index contributed by atoms with van der Waals surface area (Å²) >= 11 is 6.37. The molecule has 0 bridgehead atoms. The van der Waals surface area contributed by atoms with Gasteiger partial charge in [0.15, 0.2) is 5.82 Å². The van der Waals surface area contributed by atoms with Crippen molar-refractivity contribution in [1.29, 1.82) is 0 Å². The lowest BCUT2D eigenvalue weighted by atomic mass is 10.1. The van der Waals surface area contributed by atoms with Crippen molar-refractivity contribution in [2.75, 3.05) is 0 Å². The maximum Gasteiger partial charge on any atom is 0.291 e. The molecule has 0 spiro atoms. The fraction of sp³-hybridized carbons (Fsp3) is 0. The highest BCUT2D eigenvalue weighted by Gasteiger charge is 2.15. The summed E-state index contributed by atoms with van der Waals surface area (Å²) in [6, 6.07) is 21.8. The first kappa shape index (κ1) is 20.2. The van der Waals surface area contributed by atoms with Gasteiger partial charge < -0.3 is 0 Å². The molecule has 0 atom stereocenters. The largest absolute Gasteiger partial charge is 0.291 e. The van der Waals surface area contributed by atoms with Gasteiger partial charge in [0.25, 0.3) is 5.56 Å². The van der Waals surface area contributed by atoms with Gasteiger partial charge in [-0.05, 0) is 41.8 Å². The quantitative estimate of drug-likeness (QED) is 0.319. The summed E-state index contributed by atoms with van der Waals surface area (Å²) < 4.78 is 4.77. The summed E-state index contributed by atoms with van der Waals surface area (Å²) in [5.74, 6) is 0.576. The van der Waals surface area contributed by atoms with E-state index in [-0.39, 0.29) is 5.56 Å². The van der Waals surface area contributed by atoms with Gasteiger partial charge in [0.2, 0.25) is 4.96 Å². The van der Waals surface area contributed by atoms with Crippen LogP contribution < -0.4 is 10.1 Å². The van der Waals surface area contributed by atoms with E-state index in [2.05, 4.69) is 26.0 Å². The zero-order chi connectivity index (χ0) is 22.4. The molecule has 0 aliphatic heterocycles. The number of thiophene rings is 1. The van der Waals surface area contributed by atoms with Gasteiger partial charge in [0.1, 0.15) is 0 Å². The molecule has 6 rings (SSSR count). The van der Waals surface area contributed by atoms with E-state index >= 15 is 0 Å². The molecule has 6 aromatic rings. The van der Waals surface area contributed by atoms with Crippen molar-refractivity contribution >= 4 is 49.6 Å². The minimum atomic E-state index is -0.181. The minimum Gasteiger partial charge on any atom is -0.266 e. The first-order valence-electron chi connectivity index (χ1n) is 10.0. The molecule has 0 saturated carbocycles. The van der Waals surface area contributed by atoms with Crippen LogP contribution in [-0.4, -0.2) is 24.4 Å². The molecule has 0 amide bonds. The molecular formula is C24H14BrN5OS2. The Morgan fingerprint density at radius 2 is 1.76 bits per heavy atom. The lowest BCUT2D eigenvalue weighted by Crippen LogP contribution is -2.23. The van der Waals surface area contributed by atoms with E-state index in [0.29, 0.717) is 15.3 Å². The number of benzene rings is 2. The van der Waals surface area contributed by atoms with Crippen LogP contribution in [0.4, 0.5) is 0 Å². The molecule has 4 heterocycles. The van der Waals surface area contributed by atoms with Crippen LogP contribution in [0.1, 0.15) is 5.56 Å². The SMILES string of the molecule is O=c1/c(=C/c2cn(-c3ccccc3)nc2-c2ccc(Br)cc2)sc2nc(-c3cccs3)nn12. The summed E-state index contributed by atoms with van der Waals surface area (Å²) in [4.78, 5) is 19.2. The molecule has 2 aromatic carbocycles. The first-order valence-corrected chi connectivity index (χ1v) is 12.5. The van der Waals surface area contributed by atoms with Crippen molar-refractivity contribution in [3.63, 3.8) is 0 Å². The van der Waals surface area contributed by atoms with Crippen molar-refractivity contribution < 1.29 is 0 Å². The van der Waals surface area contributed by atoms with Crippen LogP contribution in [0.15, 0.2) is 87.6 Å². The monoisotopic (exact) mass is 531 g/mol. The lowest BCUT2D eigenvalue weighted by Gasteiger charge is -2.00. The zero-order valence-corrected chi connectivity index (χ0v) is 20.1. The number of aromatic nitrogens is 5. The number of nitrogens with zero attached hydrogens (tertiary/aromatic N) is 5. The summed E-state index contributed by atoms with van der Waals surface area (Å²) in [5, 5.41) is 11.2. The number of fused-ring (bicyclic) bond motifs is 1. The van der Waals surface area contributed by atoms with E-state index in [1.165, 1.54) is 15.9 Å². The standard InChI is InChI=1S/C24H14BrN5OS2/c25-17-10-8-15(9-11-17)21-16(14-29(27-21)18-5-2-1-3-6-18)13-20-23(31)30-24(33-20)26-22(28-30)19-7-4-12-32-19/h1-14H/b20-13-. The zero-order valence-electron chi connectivity index (χ0n) is 16.9. The Morgan fingerprint density at radius 3 is 2.48 bits per heavy atom. The van der Waals surface area contributed by atoms with Gasteiger partial charge in [-0.3, -0.25) is 4.79 Å². The van der Waals surface area contributed by atoms with Crippen LogP contribution in [0.25, 0.3) is 38.7 Å². The number of para-hydroxylation sites is 1. The highest BCUT2D eigenvalue weighted by molar-refractivity contribution is 9.10. The van der Waals surface area contributed by atoms with Crippen molar-refractivity contribution in [3.05, 3.63) is 103 Å². The third kappa shape index (κ3) is 3.74. The summed E-state index contributed by atoms with van der Waals surface area (Å²) in [5.41, 5.74) is 3.37. The molecule has 0 unspecified atom stereocenters. The second-order valence-corrected chi connectivity index (χ2v) is 10.1. The lowest BCUT2D eigenvalue weighted by molar-refractivity contribution is 0.884. The van der Waals surface area contributed by atoms with E-state index in [1.54, 1.807) is 11.3 Å². The van der Waals surface area contributed by atoms with Crippen LogP contribution in [-0.2, 0) is 0 Å². The minimum absolute atomic E-state index is 0.181. The number of rotatable bonds is 4. The summed E-state index contributed by atoms with van der Waals surface area (Å²) in [6.45, 7) is 0.